The second kappa shape index (κ2) is 7.49. The number of benzene rings is 1. The molecule has 2 atom stereocenters. The molecule has 2 fully saturated rings. The van der Waals surface area contributed by atoms with E-state index in [-0.39, 0.29) is 19.5 Å². The summed E-state index contributed by atoms with van der Waals surface area (Å²) in [5.41, 5.74) is -1.75. The first kappa shape index (κ1) is 21.9. The maximum absolute atomic E-state index is 12.9. The lowest BCUT2D eigenvalue weighted by Gasteiger charge is -2.29. The second-order valence-corrected chi connectivity index (χ2v) is 9.83. The Kier molecular flexibility index (Phi) is 5.47. The van der Waals surface area contributed by atoms with Gasteiger partial charge in [-0.2, -0.15) is 0 Å². The van der Waals surface area contributed by atoms with Crippen LogP contribution in [-0.2, 0) is 19.0 Å². The van der Waals surface area contributed by atoms with E-state index in [1.807, 2.05) is 30.3 Å². The third-order valence-corrected chi connectivity index (χ3v) is 4.75. The van der Waals surface area contributed by atoms with E-state index >= 15 is 0 Å². The molecule has 164 valence electrons. The quantitative estimate of drug-likeness (QED) is 0.537. The van der Waals surface area contributed by atoms with Crippen LogP contribution in [0.2, 0.25) is 0 Å². The van der Waals surface area contributed by atoms with Gasteiger partial charge in [0.25, 0.3) is 0 Å². The lowest BCUT2D eigenvalue weighted by atomic mass is 10.00. The van der Waals surface area contributed by atoms with Gasteiger partial charge in [0.05, 0.1) is 13.1 Å². The van der Waals surface area contributed by atoms with Crippen LogP contribution < -0.4 is 4.90 Å². The van der Waals surface area contributed by atoms with Crippen LogP contribution in [0.25, 0.3) is 0 Å². The van der Waals surface area contributed by atoms with Crippen LogP contribution in [0.4, 0.5) is 15.3 Å². The largest absolute Gasteiger partial charge is 0.458 e. The zero-order chi connectivity index (χ0) is 22.3. The lowest BCUT2D eigenvalue weighted by Crippen LogP contribution is -2.46. The van der Waals surface area contributed by atoms with Gasteiger partial charge in [-0.15, -0.1) is 0 Å². The van der Waals surface area contributed by atoms with Crippen LogP contribution in [0.1, 0.15) is 48.0 Å². The third kappa shape index (κ3) is 4.86. The Morgan fingerprint density at radius 1 is 1.00 bits per heavy atom. The highest BCUT2D eigenvalue weighted by molar-refractivity contribution is 5.91. The van der Waals surface area contributed by atoms with Crippen molar-refractivity contribution in [1.82, 2.24) is 4.90 Å². The summed E-state index contributed by atoms with van der Waals surface area (Å²) in [6.07, 6.45) is -0.990. The van der Waals surface area contributed by atoms with E-state index in [9.17, 15) is 14.4 Å². The fraction of sp³-hybridized carbons (Fsp3) is 0.591. The number of esters is 1. The standard InChI is InChI=1S/C22H30N2O6/c1-20(2,3)28-17(25)16-12-22(14-24(16)19(27)29-21(4,5)6)13-23(18(26)30-22)15-10-8-7-9-11-15/h7-11,16H,12-14H2,1-6H3/t16-,22+/m0/s1. The fourth-order valence-corrected chi connectivity index (χ4v) is 3.66. The van der Waals surface area contributed by atoms with Crippen molar-refractivity contribution in [2.45, 2.75) is 70.8 Å². The number of nitrogens with zero attached hydrogens (tertiary/aromatic N) is 2. The summed E-state index contributed by atoms with van der Waals surface area (Å²) < 4.78 is 16.8. The number of hydrogen-bond acceptors (Lipinski definition) is 6. The number of hydrogen-bond donors (Lipinski definition) is 0. The minimum absolute atomic E-state index is 0.0564. The van der Waals surface area contributed by atoms with Crippen molar-refractivity contribution in [2.75, 3.05) is 18.0 Å². The average Bonchev–Trinajstić information content (AvgIpc) is 3.13. The number of amides is 2. The number of carbonyl (C=O) groups is 3. The van der Waals surface area contributed by atoms with Gasteiger partial charge in [0.1, 0.15) is 17.2 Å². The summed E-state index contributed by atoms with van der Waals surface area (Å²) in [7, 11) is 0. The molecule has 0 bridgehead atoms. The van der Waals surface area contributed by atoms with Crippen molar-refractivity contribution >= 4 is 23.8 Å². The molecule has 0 saturated carbocycles. The molecule has 2 heterocycles. The molecule has 8 nitrogen and oxygen atoms in total. The first-order valence-corrected chi connectivity index (χ1v) is 10.1. The summed E-state index contributed by atoms with van der Waals surface area (Å²) in [6.45, 7) is 10.8. The van der Waals surface area contributed by atoms with Gasteiger partial charge in [-0.05, 0) is 53.7 Å². The van der Waals surface area contributed by atoms with Crippen molar-refractivity contribution in [2.24, 2.45) is 0 Å². The predicted octanol–water partition coefficient (Wildman–Crippen LogP) is 3.73. The first-order valence-electron chi connectivity index (χ1n) is 10.1. The van der Waals surface area contributed by atoms with Gasteiger partial charge in [-0.3, -0.25) is 9.80 Å². The van der Waals surface area contributed by atoms with Crippen molar-refractivity contribution in [1.29, 1.82) is 0 Å². The Morgan fingerprint density at radius 3 is 2.17 bits per heavy atom. The highest BCUT2D eigenvalue weighted by Crippen LogP contribution is 2.39. The van der Waals surface area contributed by atoms with E-state index in [4.69, 9.17) is 14.2 Å². The summed E-state index contributed by atoms with van der Waals surface area (Å²) >= 11 is 0. The van der Waals surface area contributed by atoms with E-state index in [1.165, 1.54) is 9.80 Å². The molecule has 1 spiro atoms. The number of likely N-dealkylation sites (tertiary alicyclic amines) is 1. The van der Waals surface area contributed by atoms with Crippen LogP contribution in [0.15, 0.2) is 30.3 Å². The Bertz CT molecular complexity index is 788. The minimum Gasteiger partial charge on any atom is -0.458 e. The number of carbonyl (C=O) groups excluding carboxylic acids is 3. The monoisotopic (exact) mass is 418 g/mol. The Morgan fingerprint density at radius 2 is 1.60 bits per heavy atom. The normalized spacial score (nSPS) is 24.2. The molecule has 0 radical (unpaired) electrons. The van der Waals surface area contributed by atoms with E-state index < -0.39 is 41.0 Å². The molecule has 0 N–H and O–H groups in total. The number of anilines is 1. The van der Waals surface area contributed by atoms with Crippen molar-refractivity contribution in [3.05, 3.63) is 30.3 Å². The van der Waals surface area contributed by atoms with E-state index in [2.05, 4.69) is 0 Å². The van der Waals surface area contributed by atoms with Crippen LogP contribution in [0.5, 0.6) is 0 Å². The number of para-hydroxylation sites is 1. The van der Waals surface area contributed by atoms with Crippen LogP contribution in [0.3, 0.4) is 0 Å². The van der Waals surface area contributed by atoms with Gasteiger partial charge in [0, 0.05) is 12.1 Å². The first-order chi connectivity index (χ1) is 13.8. The topological polar surface area (TPSA) is 85.4 Å². The van der Waals surface area contributed by atoms with Crippen LogP contribution in [0, 0.1) is 0 Å². The van der Waals surface area contributed by atoms with Gasteiger partial charge >= 0.3 is 18.2 Å². The summed E-state index contributed by atoms with van der Waals surface area (Å²) in [5, 5.41) is 0. The van der Waals surface area contributed by atoms with Crippen molar-refractivity contribution in [3.8, 4) is 0 Å². The summed E-state index contributed by atoms with van der Waals surface area (Å²) in [5.74, 6) is -0.542. The molecule has 0 aliphatic carbocycles. The summed E-state index contributed by atoms with van der Waals surface area (Å²) in [6, 6.07) is 8.25. The van der Waals surface area contributed by atoms with E-state index in [0.29, 0.717) is 5.69 Å². The molecule has 3 rings (SSSR count). The highest BCUT2D eigenvalue weighted by atomic mass is 16.6. The van der Waals surface area contributed by atoms with Gasteiger partial charge in [0.15, 0.2) is 5.60 Å². The maximum Gasteiger partial charge on any atom is 0.415 e. The molecule has 8 heteroatoms. The fourth-order valence-electron chi connectivity index (χ4n) is 3.66. The van der Waals surface area contributed by atoms with Gasteiger partial charge in [-0.1, -0.05) is 18.2 Å². The summed E-state index contributed by atoms with van der Waals surface area (Å²) in [4.78, 5) is 41.2. The molecule has 0 aromatic heterocycles. The number of rotatable bonds is 2. The lowest BCUT2D eigenvalue weighted by molar-refractivity contribution is -0.160. The second-order valence-electron chi connectivity index (χ2n) is 9.83. The number of ether oxygens (including phenoxy) is 3. The van der Waals surface area contributed by atoms with E-state index in [1.54, 1.807) is 41.5 Å². The van der Waals surface area contributed by atoms with Gasteiger partial charge in [-0.25, -0.2) is 14.4 Å². The zero-order valence-electron chi connectivity index (χ0n) is 18.4. The molecular formula is C22H30N2O6. The Hall–Kier alpha value is -2.77. The van der Waals surface area contributed by atoms with E-state index in [0.717, 1.165) is 0 Å². The molecule has 1 aromatic rings. The molecular weight excluding hydrogens is 388 g/mol. The molecule has 2 amide bonds. The molecule has 1 aromatic carbocycles. The maximum atomic E-state index is 12.9. The minimum atomic E-state index is -1.01. The molecule has 2 saturated heterocycles. The Labute approximate surface area is 177 Å². The van der Waals surface area contributed by atoms with Gasteiger partial charge in [0.2, 0.25) is 0 Å². The SMILES string of the molecule is CC(C)(C)OC(=O)[C@@H]1C[C@@]2(CN(c3ccccc3)C(=O)O2)CN1C(=O)OC(C)(C)C. The third-order valence-electron chi connectivity index (χ3n) is 4.75. The van der Waals surface area contributed by atoms with Crippen molar-refractivity contribution in [3.63, 3.8) is 0 Å². The molecule has 0 unspecified atom stereocenters. The highest BCUT2D eigenvalue weighted by Gasteiger charge is 2.58. The van der Waals surface area contributed by atoms with Crippen LogP contribution in [-0.4, -0.2) is 59.0 Å². The Balaban J connectivity index is 1.86. The zero-order valence-corrected chi connectivity index (χ0v) is 18.4. The predicted molar refractivity (Wildman–Crippen MR) is 110 cm³/mol. The smallest absolute Gasteiger partial charge is 0.415 e. The van der Waals surface area contributed by atoms with Crippen LogP contribution >= 0.6 is 0 Å². The molecule has 2 aliphatic rings. The molecule has 2 aliphatic heterocycles. The average molecular weight is 418 g/mol. The van der Waals surface area contributed by atoms with Crippen molar-refractivity contribution < 1.29 is 28.6 Å². The van der Waals surface area contributed by atoms with Gasteiger partial charge < -0.3 is 14.2 Å². The molecule has 30 heavy (non-hydrogen) atoms.